The molecule has 1 saturated heterocycles. The lowest BCUT2D eigenvalue weighted by molar-refractivity contribution is 0.120. The number of piperazine rings is 1. The van der Waals surface area contributed by atoms with Crippen LogP contribution < -0.4 is 5.56 Å². The number of rotatable bonds is 5. The third-order valence-corrected chi connectivity index (χ3v) is 5.25. The minimum Gasteiger partial charge on any atom is -0.361 e. The summed E-state index contributed by atoms with van der Waals surface area (Å²) >= 11 is 0. The summed E-state index contributed by atoms with van der Waals surface area (Å²) in [6.45, 7) is 8.40. The van der Waals surface area contributed by atoms with Gasteiger partial charge in [-0.1, -0.05) is 5.16 Å². The van der Waals surface area contributed by atoms with E-state index < -0.39 is 0 Å². The summed E-state index contributed by atoms with van der Waals surface area (Å²) < 4.78 is 7.02. The highest BCUT2D eigenvalue weighted by molar-refractivity contribution is 5.27. The molecule has 2 aromatic heterocycles. The van der Waals surface area contributed by atoms with E-state index in [0.29, 0.717) is 6.54 Å². The second kappa shape index (κ2) is 7.09. The molecule has 1 fully saturated rings. The third kappa shape index (κ3) is 3.67. The summed E-state index contributed by atoms with van der Waals surface area (Å²) in [7, 11) is 0. The van der Waals surface area contributed by atoms with Gasteiger partial charge in [-0.15, -0.1) is 0 Å². The van der Waals surface area contributed by atoms with E-state index in [9.17, 15) is 4.79 Å². The highest BCUT2D eigenvalue weighted by atomic mass is 16.5. The molecule has 3 heterocycles. The van der Waals surface area contributed by atoms with E-state index in [1.165, 1.54) is 12.0 Å². The van der Waals surface area contributed by atoms with Crippen molar-refractivity contribution in [2.45, 2.75) is 39.3 Å². The standard InChI is InChI=1S/C18H25N5O2/c1-14-5-6-18(24)23(19-14)12-11-21-7-9-22(10-8-21)13-16-15-3-2-4-17(15)25-20-16/h5-6H,2-4,7-13H2,1H3. The van der Waals surface area contributed by atoms with Gasteiger partial charge >= 0.3 is 0 Å². The molecule has 25 heavy (non-hydrogen) atoms. The molecule has 0 bridgehead atoms. The van der Waals surface area contributed by atoms with Gasteiger partial charge in [0.15, 0.2) is 0 Å². The third-order valence-electron chi connectivity index (χ3n) is 5.25. The quantitative estimate of drug-likeness (QED) is 0.802. The van der Waals surface area contributed by atoms with E-state index in [0.717, 1.165) is 69.3 Å². The first-order valence-electron chi connectivity index (χ1n) is 9.15. The second-order valence-electron chi connectivity index (χ2n) is 7.04. The highest BCUT2D eigenvalue weighted by Gasteiger charge is 2.24. The molecule has 7 nitrogen and oxygen atoms in total. The topological polar surface area (TPSA) is 67.4 Å². The molecule has 0 amide bonds. The number of aryl methyl sites for hydroxylation is 2. The molecule has 0 unspecified atom stereocenters. The van der Waals surface area contributed by atoms with Gasteiger partial charge in [-0.2, -0.15) is 5.10 Å². The first-order chi connectivity index (χ1) is 12.2. The van der Waals surface area contributed by atoms with Gasteiger partial charge < -0.3 is 4.52 Å². The molecule has 1 aliphatic carbocycles. The fourth-order valence-electron chi connectivity index (χ4n) is 3.74. The Hall–Kier alpha value is -1.99. The van der Waals surface area contributed by atoms with E-state index in [-0.39, 0.29) is 5.56 Å². The minimum absolute atomic E-state index is 0.0240. The average molecular weight is 343 g/mol. The van der Waals surface area contributed by atoms with E-state index in [1.807, 2.05) is 6.92 Å². The summed E-state index contributed by atoms with van der Waals surface area (Å²) in [6.07, 6.45) is 3.36. The van der Waals surface area contributed by atoms with Crippen molar-refractivity contribution < 1.29 is 4.52 Å². The van der Waals surface area contributed by atoms with E-state index >= 15 is 0 Å². The van der Waals surface area contributed by atoms with Crippen LogP contribution in [0.1, 0.15) is 29.1 Å². The number of nitrogens with zero attached hydrogens (tertiary/aromatic N) is 5. The van der Waals surface area contributed by atoms with Crippen LogP contribution in [0.5, 0.6) is 0 Å². The maximum Gasteiger partial charge on any atom is 0.266 e. The van der Waals surface area contributed by atoms with Crippen LogP contribution in [-0.4, -0.2) is 57.5 Å². The number of fused-ring (bicyclic) bond motifs is 1. The largest absolute Gasteiger partial charge is 0.361 e. The van der Waals surface area contributed by atoms with E-state index in [4.69, 9.17) is 4.52 Å². The Balaban J connectivity index is 1.27. The summed E-state index contributed by atoms with van der Waals surface area (Å²) in [5, 5.41) is 8.57. The molecule has 0 saturated carbocycles. The van der Waals surface area contributed by atoms with Crippen molar-refractivity contribution in [1.82, 2.24) is 24.7 Å². The van der Waals surface area contributed by atoms with Gasteiger partial charge in [-0.25, -0.2) is 4.68 Å². The minimum atomic E-state index is -0.0240. The first kappa shape index (κ1) is 16.5. The van der Waals surface area contributed by atoms with Crippen molar-refractivity contribution in [2.75, 3.05) is 32.7 Å². The Morgan fingerprint density at radius 2 is 1.88 bits per heavy atom. The van der Waals surface area contributed by atoms with Crippen LogP contribution >= 0.6 is 0 Å². The van der Waals surface area contributed by atoms with Crippen LogP contribution in [0.25, 0.3) is 0 Å². The lowest BCUT2D eigenvalue weighted by Gasteiger charge is -2.34. The molecular weight excluding hydrogens is 318 g/mol. The van der Waals surface area contributed by atoms with Crippen LogP contribution in [0.3, 0.4) is 0 Å². The predicted molar refractivity (Wildman–Crippen MR) is 93.5 cm³/mol. The van der Waals surface area contributed by atoms with Gasteiger partial charge in [0.05, 0.1) is 12.2 Å². The fourth-order valence-corrected chi connectivity index (χ4v) is 3.74. The lowest BCUT2D eigenvalue weighted by Crippen LogP contribution is -2.47. The molecule has 1 aliphatic heterocycles. The summed E-state index contributed by atoms with van der Waals surface area (Å²) in [5.41, 5.74) is 3.34. The Labute approximate surface area is 147 Å². The molecule has 2 aromatic rings. The molecule has 0 aromatic carbocycles. The van der Waals surface area contributed by atoms with Gasteiger partial charge in [0.1, 0.15) is 11.5 Å². The Bertz CT molecular complexity index is 789. The van der Waals surface area contributed by atoms with Crippen molar-refractivity contribution >= 4 is 0 Å². The Morgan fingerprint density at radius 1 is 1.08 bits per heavy atom. The van der Waals surface area contributed by atoms with Crippen LogP contribution in [0.4, 0.5) is 0 Å². The lowest BCUT2D eigenvalue weighted by atomic mass is 10.2. The molecule has 0 atom stereocenters. The SMILES string of the molecule is Cc1ccc(=O)n(CCN2CCN(Cc3noc4c3CCC4)CC2)n1. The number of hydrogen-bond acceptors (Lipinski definition) is 6. The monoisotopic (exact) mass is 343 g/mol. The zero-order chi connectivity index (χ0) is 17.2. The van der Waals surface area contributed by atoms with Crippen molar-refractivity contribution in [3.05, 3.63) is 45.2 Å². The van der Waals surface area contributed by atoms with Crippen LogP contribution in [0.15, 0.2) is 21.5 Å². The van der Waals surface area contributed by atoms with Gasteiger partial charge in [-0.05, 0) is 25.8 Å². The van der Waals surface area contributed by atoms with E-state index in [2.05, 4.69) is 20.1 Å². The second-order valence-corrected chi connectivity index (χ2v) is 7.04. The molecular formula is C18H25N5O2. The summed E-state index contributed by atoms with van der Waals surface area (Å²) in [5.74, 6) is 1.10. The van der Waals surface area contributed by atoms with Crippen molar-refractivity contribution in [1.29, 1.82) is 0 Å². The highest BCUT2D eigenvalue weighted by Crippen LogP contribution is 2.25. The maximum absolute atomic E-state index is 11.8. The van der Waals surface area contributed by atoms with Gasteiger partial charge in [0, 0.05) is 57.3 Å². The zero-order valence-corrected chi connectivity index (χ0v) is 14.8. The van der Waals surface area contributed by atoms with Crippen LogP contribution in [0.2, 0.25) is 0 Å². The molecule has 7 heteroatoms. The van der Waals surface area contributed by atoms with Gasteiger partial charge in [0.2, 0.25) is 0 Å². The molecule has 4 rings (SSSR count). The number of aromatic nitrogens is 3. The van der Waals surface area contributed by atoms with Crippen LogP contribution in [0, 0.1) is 6.92 Å². The first-order valence-corrected chi connectivity index (χ1v) is 9.15. The molecule has 0 N–H and O–H groups in total. The Kier molecular flexibility index (Phi) is 4.67. The van der Waals surface area contributed by atoms with Crippen molar-refractivity contribution in [3.8, 4) is 0 Å². The smallest absolute Gasteiger partial charge is 0.266 e. The molecule has 2 aliphatic rings. The predicted octanol–water partition coefficient (Wildman–Crippen LogP) is 0.846. The molecule has 134 valence electrons. The molecule has 0 radical (unpaired) electrons. The summed E-state index contributed by atoms with van der Waals surface area (Å²) in [4.78, 5) is 16.7. The van der Waals surface area contributed by atoms with E-state index in [1.54, 1.807) is 16.8 Å². The maximum atomic E-state index is 11.8. The average Bonchev–Trinajstić information content (AvgIpc) is 3.22. The van der Waals surface area contributed by atoms with Crippen molar-refractivity contribution in [3.63, 3.8) is 0 Å². The normalized spacial score (nSPS) is 18.6. The summed E-state index contributed by atoms with van der Waals surface area (Å²) in [6, 6.07) is 3.36. The van der Waals surface area contributed by atoms with Crippen LogP contribution in [-0.2, 0) is 25.9 Å². The van der Waals surface area contributed by atoms with Crippen molar-refractivity contribution in [2.24, 2.45) is 0 Å². The zero-order valence-electron chi connectivity index (χ0n) is 14.8. The fraction of sp³-hybridized carbons (Fsp3) is 0.611. The molecule has 0 spiro atoms. The van der Waals surface area contributed by atoms with Gasteiger partial charge in [-0.3, -0.25) is 14.6 Å². The number of hydrogen-bond donors (Lipinski definition) is 0. The Morgan fingerprint density at radius 3 is 2.72 bits per heavy atom. The van der Waals surface area contributed by atoms with Gasteiger partial charge in [0.25, 0.3) is 5.56 Å².